The van der Waals surface area contributed by atoms with Crippen molar-refractivity contribution in [2.75, 3.05) is 11.1 Å². The number of amides is 1. The summed E-state index contributed by atoms with van der Waals surface area (Å²) in [5, 5.41) is 3.46. The monoisotopic (exact) mass is 491 g/mol. The van der Waals surface area contributed by atoms with Crippen LogP contribution in [0.2, 0.25) is 0 Å². The highest BCUT2D eigenvalue weighted by Gasteiger charge is 2.19. The minimum Gasteiger partial charge on any atom is -0.325 e. The lowest BCUT2D eigenvalue weighted by Crippen LogP contribution is -2.39. The first kappa shape index (κ1) is 22.2. The lowest BCUT2D eigenvalue weighted by molar-refractivity contribution is -0.113. The molecule has 0 radical (unpaired) electrons. The number of anilines is 1. The molecule has 10 heteroatoms. The second kappa shape index (κ2) is 9.13. The predicted molar refractivity (Wildman–Crippen MR) is 122 cm³/mol. The third-order valence-corrected chi connectivity index (χ3v) is 5.78. The number of nitrogens with one attached hydrogen (secondary N) is 1. The number of halogens is 1. The molecule has 3 aromatic rings. The van der Waals surface area contributed by atoms with Gasteiger partial charge in [-0.15, -0.1) is 0 Å². The largest absolute Gasteiger partial charge is 0.332 e. The van der Waals surface area contributed by atoms with Gasteiger partial charge in [0, 0.05) is 23.8 Å². The van der Waals surface area contributed by atoms with E-state index in [2.05, 4.69) is 31.2 Å². The number of carbonyl (C=O) groups excluding carboxylic acids is 1. The van der Waals surface area contributed by atoms with Gasteiger partial charge in [0.15, 0.2) is 5.65 Å². The number of benzene rings is 1. The van der Waals surface area contributed by atoms with E-state index in [0.717, 1.165) is 20.8 Å². The van der Waals surface area contributed by atoms with E-state index in [-0.39, 0.29) is 23.0 Å². The van der Waals surface area contributed by atoms with Crippen molar-refractivity contribution in [3.8, 4) is 0 Å². The summed E-state index contributed by atoms with van der Waals surface area (Å²) in [6, 6.07) is 7.25. The fourth-order valence-corrected chi connectivity index (χ4v) is 4.06. The van der Waals surface area contributed by atoms with E-state index in [4.69, 9.17) is 0 Å². The molecule has 0 saturated heterocycles. The smallest absolute Gasteiger partial charge is 0.325 e. The van der Waals surface area contributed by atoms with Crippen LogP contribution in [0.25, 0.3) is 11.0 Å². The quantitative estimate of drug-likeness (QED) is 0.420. The second-order valence-corrected chi connectivity index (χ2v) is 9.15. The summed E-state index contributed by atoms with van der Waals surface area (Å²) >= 11 is 4.50. The Hall–Kier alpha value is -2.46. The fraction of sp³-hybridized carbons (Fsp3) is 0.350. The van der Waals surface area contributed by atoms with E-state index < -0.39 is 11.2 Å². The summed E-state index contributed by atoms with van der Waals surface area (Å²) < 4.78 is 3.48. The fourth-order valence-electron chi connectivity index (χ4n) is 2.94. The molecule has 0 aliphatic rings. The van der Waals surface area contributed by atoms with Crippen LogP contribution < -0.4 is 16.6 Å². The molecular formula is C20H22BrN5O3S. The predicted octanol–water partition coefficient (Wildman–Crippen LogP) is 2.95. The van der Waals surface area contributed by atoms with Crippen LogP contribution in [0.3, 0.4) is 0 Å². The lowest BCUT2D eigenvalue weighted by Gasteiger charge is -2.15. The normalized spacial score (nSPS) is 11.3. The molecule has 3 rings (SSSR count). The second-order valence-electron chi connectivity index (χ2n) is 7.27. The number of hydrogen-bond donors (Lipinski definition) is 1. The molecule has 0 atom stereocenters. The first-order chi connectivity index (χ1) is 14.2. The van der Waals surface area contributed by atoms with Crippen LogP contribution in [0.4, 0.5) is 5.69 Å². The molecule has 2 heterocycles. The van der Waals surface area contributed by atoms with Crippen LogP contribution in [-0.4, -0.2) is 30.8 Å². The number of hydrogen-bond acceptors (Lipinski definition) is 6. The minimum atomic E-state index is -0.467. The van der Waals surface area contributed by atoms with Gasteiger partial charge in [0.1, 0.15) is 16.2 Å². The number of thioether (sulfide) groups is 1. The number of carbonyl (C=O) groups is 1. The Bertz CT molecular complexity index is 1220. The number of rotatable bonds is 6. The van der Waals surface area contributed by atoms with Crippen LogP contribution in [0.15, 0.2) is 43.4 Å². The molecule has 30 heavy (non-hydrogen) atoms. The molecule has 0 aliphatic carbocycles. The highest BCUT2D eigenvalue weighted by molar-refractivity contribution is 9.10. The van der Waals surface area contributed by atoms with Gasteiger partial charge in [0.05, 0.1) is 5.75 Å². The molecule has 0 unspecified atom stereocenters. The summed E-state index contributed by atoms with van der Waals surface area (Å²) in [6.45, 7) is 6.10. The Morgan fingerprint density at radius 1 is 1.20 bits per heavy atom. The zero-order valence-corrected chi connectivity index (χ0v) is 19.5. The van der Waals surface area contributed by atoms with Crippen LogP contribution in [0.5, 0.6) is 0 Å². The third kappa shape index (κ3) is 4.81. The van der Waals surface area contributed by atoms with Crippen molar-refractivity contribution in [1.82, 2.24) is 19.1 Å². The van der Waals surface area contributed by atoms with Crippen LogP contribution >= 0.6 is 27.7 Å². The van der Waals surface area contributed by atoms with Gasteiger partial charge < -0.3 is 5.32 Å². The van der Waals surface area contributed by atoms with Gasteiger partial charge in [-0.25, -0.2) is 14.8 Å². The molecule has 0 spiro atoms. The summed E-state index contributed by atoms with van der Waals surface area (Å²) in [6.07, 6.45) is 0. The molecule has 0 aliphatic heterocycles. The van der Waals surface area contributed by atoms with Gasteiger partial charge in [-0.05, 0) is 37.1 Å². The van der Waals surface area contributed by atoms with Gasteiger partial charge >= 0.3 is 5.69 Å². The summed E-state index contributed by atoms with van der Waals surface area (Å²) in [5.74, 6) is 0.461. The Morgan fingerprint density at radius 2 is 1.87 bits per heavy atom. The first-order valence-electron chi connectivity index (χ1n) is 9.33. The molecule has 1 aromatic carbocycles. The number of nitrogens with zero attached hydrogens (tertiary/aromatic N) is 4. The molecule has 2 aromatic heterocycles. The molecule has 0 saturated carbocycles. The molecule has 0 fully saturated rings. The minimum absolute atomic E-state index is 0.0636. The van der Waals surface area contributed by atoms with Crippen LogP contribution in [-0.2, 0) is 18.4 Å². The Balaban J connectivity index is 1.96. The van der Waals surface area contributed by atoms with Gasteiger partial charge in [0.2, 0.25) is 5.91 Å². The molecule has 0 bridgehead atoms. The Labute approximate surface area is 185 Å². The maximum absolute atomic E-state index is 12.8. The van der Waals surface area contributed by atoms with Crippen molar-refractivity contribution in [1.29, 1.82) is 0 Å². The van der Waals surface area contributed by atoms with E-state index in [1.54, 1.807) is 19.1 Å². The maximum Gasteiger partial charge on any atom is 0.332 e. The molecule has 1 amide bonds. The molecule has 158 valence electrons. The van der Waals surface area contributed by atoms with Gasteiger partial charge in [-0.2, -0.15) is 0 Å². The van der Waals surface area contributed by atoms with Crippen LogP contribution in [0.1, 0.15) is 19.7 Å². The van der Waals surface area contributed by atoms with Gasteiger partial charge in [-0.3, -0.25) is 18.7 Å². The zero-order chi connectivity index (χ0) is 22.0. The lowest BCUT2D eigenvalue weighted by atomic mass is 10.2. The summed E-state index contributed by atoms with van der Waals surface area (Å²) in [5.41, 5.74) is 0.100. The van der Waals surface area contributed by atoms with Crippen molar-refractivity contribution in [3.05, 3.63) is 55.4 Å². The maximum atomic E-state index is 12.8. The van der Waals surface area contributed by atoms with Crippen molar-refractivity contribution >= 4 is 50.3 Å². The SMILES string of the molecule is Cc1nc(SCC(=O)Nc2ccc(Br)cc2)c2c(=O)n(C)c(=O)n(CC(C)C)c2n1. The number of aromatic nitrogens is 4. The highest BCUT2D eigenvalue weighted by Crippen LogP contribution is 2.23. The van der Waals surface area contributed by atoms with Gasteiger partial charge in [-0.1, -0.05) is 41.5 Å². The van der Waals surface area contributed by atoms with Crippen molar-refractivity contribution in [2.45, 2.75) is 32.3 Å². The van der Waals surface area contributed by atoms with E-state index in [0.29, 0.717) is 28.7 Å². The first-order valence-corrected chi connectivity index (χ1v) is 11.1. The molecule has 8 nitrogen and oxygen atoms in total. The van der Waals surface area contributed by atoms with Crippen LogP contribution in [0, 0.1) is 12.8 Å². The van der Waals surface area contributed by atoms with Crippen molar-refractivity contribution in [2.24, 2.45) is 13.0 Å². The standard InChI is InChI=1S/C20H22BrN5O3S/c1-11(2)9-26-17-16(19(28)25(4)20(26)29)18(23-12(3)22-17)30-10-15(27)24-14-7-5-13(21)6-8-14/h5-8,11H,9-10H2,1-4H3,(H,24,27). The number of fused-ring (bicyclic) bond motifs is 1. The van der Waals surface area contributed by atoms with E-state index in [1.165, 1.54) is 11.6 Å². The zero-order valence-electron chi connectivity index (χ0n) is 17.1. The number of aryl methyl sites for hydroxylation is 1. The molecular weight excluding hydrogens is 470 g/mol. The van der Waals surface area contributed by atoms with Gasteiger partial charge in [0.25, 0.3) is 5.56 Å². The van der Waals surface area contributed by atoms with Crippen molar-refractivity contribution < 1.29 is 4.79 Å². The average Bonchev–Trinajstić information content (AvgIpc) is 2.69. The Kier molecular flexibility index (Phi) is 6.77. The average molecular weight is 492 g/mol. The third-order valence-electron chi connectivity index (χ3n) is 4.28. The van der Waals surface area contributed by atoms with E-state index in [1.807, 2.05) is 26.0 Å². The van der Waals surface area contributed by atoms with Crippen molar-refractivity contribution in [3.63, 3.8) is 0 Å². The molecule has 1 N–H and O–H groups in total. The highest BCUT2D eigenvalue weighted by atomic mass is 79.9. The summed E-state index contributed by atoms with van der Waals surface area (Å²) in [4.78, 5) is 46.6. The summed E-state index contributed by atoms with van der Waals surface area (Å²) in [7, 11) is 1.44. The topological polar surface area (TPSA) is 98.9 Å². The van der Waals surface area contributed by atoms with E-state index in [9.17, 15) is 14.4 Å². The van der Waals surface area contributed by atoms with E-state index >= 15 is 0 Å². The Morgan fingerprint density at radius 3 is 2.50 bits per heavy atom.